The van der Waals surface area contributed by atoms with Crippen molar-refractivity contribution in [2.45, 2.75) is 39.4 Å². The van der Waals surface area contributed by atoms with E-state index in [9.17, 15) is 14.0 Å². The highest BCUT2D eigenvalue weighted by Crippen LogP contribution is 2.26. The van der Waals surface area contributed by atoms with Crippen molar-refractivity contribution in [3.8, 4) is 0 Å². The Kier molecular flexibility index (Phi) is 5.05. The van der Waals surface area contributed by atoms with Crippen LogP contribution in [0.4, 0.5) is 4.39 Å². The summed E-state index contributed by atoms with van der Waals surface area (Å²) in [6, 6.07) is 11.8. The predicted molar refractivity (Wildman–Crippen MR) is 118 cm³/mol. The van der Waals surface area contributed by atoms with Gasteiger partial charge in [0.15, 0.2) is 0 Å². The summed E-state index contributed by atoms with van der Waals surface area (Å²) >= 11 is 0. The fraction of sp³-hybridized carbons (Fsp3) is 0.250. The van der Waals surface area contributed by atoms with E-state index in [0.29, 0.717) is 30.6 Å². The number of aromatic amines is 1. The smallest absolute Gasteiger partial charge is 0.272 e. The molecule has 0 radical (unpaired) electrons. The largest absolute Gasteiger partial charge is 0.328 e. The van der Waals surface area contributed by atoms with Crippen LogP contribution in [-0.4, -0.2) is 30.8 Å². The van der Waals surface area contributed by atoms with Crippen LogP contribution in [0, 0.1) is 5.82 Å². The zero-order chi connectivity index (χ0) is 22.2. The molecule has 2 aromatic carbocycles. The second kappa shape index (κ2) is 8.03. The number of carbonyl (C=O) groups is 1. The zero-order valence-corrected chi connectivity index (χ0v) is 17.6. The summed E-state index contributed by atoms with van der Waals surface area (Å²) in [5, 5.41) is 12.4. The number of amides is 1. The quantitative estimate of drug-likeness (QED) is 0.525. The molecule has 0 atom stereocenters. The Morgan fingerprint density at radius 2 is 1.97 bits per heavy atom. The Labute approximate surface area is 183 Å². The Morgan fingerprint density at radius 3 is 2.78 bits per heavy atom. The minimum Gasteiger partial charge on any atom is -0.328 e. The molecule has 1 N–H and O–H groups in total. The predicted octanol–water partition coefficient (Wildman–Crippen LogP) is 3.42. The minimum absolute atomic E-state index is 0.0383. The third kappa shape index (κ3) is 3.47. The van der Waals surface area contributed by atoms with Crippen LogP contribution in [0.15, 0.2) is 53.5 Å². The van der Waals surface area contributed by atoms with E-state index in [1.807, 2.05) is 16.8 Å². The van der Waals surface area contributed by atoms with E-state index in [-0.39, 0.29) is 17.0 Å². The van der Waals surface area contributed by atoms with Crippen molar-refractivity contribution in [1.82, 2.24) is 24.9 Å². The van der Waals surface area contributed by atoms with Gasteiger partial charge in [0.05, 0.1) is 35.1 Å². The molecule has 2 aromatic heterocycles. The van der Waals surface area contributed by atoms with Gasteiger partial charge in [-0.05, 0) is 30.2 Å². The molecule has 0 aliphatic carbocycles. The SMILES string of the molecule is CCCn1ncc2c1CN(C(=O)c1cc(Cc3n[nH]c(=O)c4ccccc34)ccc1F)C2. The van der Waals surface area contributed by atoms with Crippen LogP contribution in [-0.2, 0) is 26.1 Å². The molecule has 8 heteroatoms. The van der Waals surface area contributed by atoms with Gasteiger partial charge < -0.3 is 4.90 Å². The number of carbonyl (C=O) groups excluding carboxylic acids is 1. The Hall–Kier alpha value is -3.81. The standard InChI is InChI=1S/C24H22FN5O2/c1-2-9-30-22-14-29(13-16(22)12-26-30)24(32)19-10-15(7-8-20(19)25)11-21-17-5-3-4-6-18(17)23(31)28-27-21/h3-8,10,12H,2,9,11,13-14H2,1H3,(H,28,31). The Bertz CT molecular complexity index is 1390. The van der Waals surface area contributed by atoms with E-state index in [0.717, 1.165) is 35.2 Å². The fourth-order valence-electron chi connectivity index (χ4n) is 4.27. The maximum absolute atomic E-state index is 14.6. The van der Waals surface area contributed by atoms with E-state index < -0.39 is 5.82 Å². The van der Waals surface area contributed by atoms with Crippen LogP contribution < -0.4 is 5.56 Å². The third-order valence-corrected chi connectivity index (χ3v) is 5.87. The summed E-state index contributed by atoms with van der Waals surface area (Å²) < 4.78 is 16.6. The fourth-order valence-corrected chi connectivity index (χ4v) is 4.27. The van der Waals surface area contributed by atoms with Gasteiger partial charge in [0, 0.05) is 30.5 Å². The lowest BCUT2D eigenvalue weighted by molar-refractivity contribution is 0.0743. The molecule has 32 heavy (non-hydrogen) atoms. The van der Waals surface area contributed by atoms with Crippen LogP contribution in [0.25, 0.3) is 10.8 Å². The number of nitrogens with zero attached hydrogens (tertiary/aromatic N) is 4. The van der Waals surface area contributed by atoms with Gasteiger partial charge in [0.1, 0.15) is 5.82 Å². The number of fused-ring (bicyclic) bond motifs is 2. The van der Waals surface area contributed by atoms with Crippen molar-refractivity contribution in [2.75, 3.05) is 0 Å². The van der Waals surface area contributed by atoms with Crippen molar-refractivity contribution in [3.05, 3.63) is 92.9 Å². The first-order valence-electron chi connectivity index (χ1n) is 10.6. The zero-order valence-electron chi connectivity index (χ0n) is 17.6. The average Bonchev–Trinajstić information content (AvgIpc) is 3.39. The summed E-state index contributed by atoms with van der Waals surface area (Å²) in [5.41, 5.74) is 3.21. The average molecular weight is 431 g/mol. The number of nitrogens with one attached hydrogen (secondary N) is 1. The van der Waals surface area contributed by atoms with Gasteiger partial charge in [-0.2, -0.15) is 10.2 Å². The lowest BCUT2D eigenvalue weighted by Gasteiger charge is -2.17. The van der Waals surface area contributed by atoms with E-state index >= 15 is 0 Å². The number of aryl methyl sites for hydroxylation is 1. The van der Waals surface area contributed by atoms with E-state index in [1.54, 1.807) is 35.4 Å². The number of halogens is 1. The molecule has 0 bridgehead atoms. The molecule has 4 aromatic rings. The molecule has 1 aliphatic rings. The monoisotopic (exact) mass is 431 g/mol. The molecule has 0 unspecified atom stereocenters. The molecular formula is C24H22FN5O2. The van der Waals surface area contributed by atoms with Gasteiger partial charge in [0.25, 0.3) is 11.5 Å². The second-order valence-corrected chi connectivity index (χ2v) is 8.04. The van der Waals surface area contributed by atoms with Crippen molar-refractivity contribution in [1.29, 1.82) is 0 Å². The van der Waals surface area contributed by atoms with Crippen molar-refractivity contribution >= 4 is 16.7 Å². The Morgan fingerprint density at radius 1 is 1.16 bits per heavy atom. The van der Waals surface area contributed by atoms with Crippen molar-refractivity contribution < 1.29 is 9.18 Å². The van der Waals surface area contributed by atoms with Gasteiger partial charge >= 0.3 is 0 Å². The summed E-state index contributed by atoms with van der Waals surface area (Å²) in [5.74, 6) is -0.896. The highest BCUT2D eigenvalue weighted by atomic mass is 19.1. The van der Waals surface area contributed by atoms with Crippen LogP contribution in [0.2, 0.25) is 0 Å². The van der Waals surface area contributed by atoms with Gasteiger partial charge in [-0.3, -0.25) is 14.3 Å². The molecule has 1 amide bonds. The molecule has 5 rings (SSSR count). The summed E-state index contributed by atoms with van der Waals surface area (Å²) in [6.45, 7) is 3.71. The molecule has 0 saturated heterocycles. The van der Waals surface area contributed by atoms with Crippen molar-refractivity contribution in [3.63, 3.8) is 0 Å². The first kappa shape index (κ1) is 20.1. The Balaban J connectivity index is 1.42. The molecule has 7 nitrogen and oxygen atoms in total. The number of hydrogen-bond donors (Lipinski definition) is 1. The summed E-state index contributed by atoms with van der Waals surface area (Å²) in [7, 11) is 0. The van der Waals surface area contributed by atoms with E-state index in [1.165, 1.54) is 6.07 Å². The molecule has 0 saturated carbocycles. The van der Waals surface area contributed by atoms with Crippen LogP contribution >= 0.6 is 0 Å². The number of benzene rings is 2. The highest BCUT2D eigenvalue weighted by molar-refractivity contribution is 5.95. The summed E-state index contributed by atoms with van der Waals surface area (Å²) in [6.07, 6.45) is 3.10. The number of rotatable bonds is 5. The second-order valence-electron chi connectivity index (χ2n) is 8.04. The van der Waals surface area contributed by atoms with Gasteiger partial charge in [0.2, 0.25) is 0 Å². The molecule has 0 spiro atoms. The topological polar surface area (TPSA) is 83.9 Å². The molecule has 3 heterocycles. The van der Waals surface area contributed by atoms with Crippen molar-refractivity contribution in [2.24, 2.45) is 0 Å². The molecule has 162 valence electrons. The first-order chi connectivity index (χ1) is 15.5. The maximum Gasteiger partial charge on any atom is 0.272 e. The van der Waals surface area contributed by atoms with Gasteiger partial charge in [-0.25, -0.2) is 9.49 Å². The molecule has 1 aliphatic heterocycles. The molecule has 0 fully saturated rings. The van der Waals surface area contributed by atoms with Crippen LogP contribution in [0.5, 0.6) is 0 Å². The van der Waals surface area contributed by atoms with Crippen LogP contribution in [0.3, 0.4) is 0 Å². The van der Waals surface area contributed by atoms with Gasteiger partial charge in [-0.15, -0.1) is 0 Å². The lowest BCUT2D eigenvalue weighted by Crippen LogP contribution is -2.27. The van der Waals surface area contributed by atoms with E-state index in [4.69, 9.17) is 0 Å². The number of hydrogen-bond acceptors (Lipinski definition) is 4. The van der Waals surface area contributed by atoms with E-state index in [2.05, 4.69) is 22.2 Å². The molecular weight excluding hydrogens is 409 g/mol. The highest BCUT2D eigenvalue weighted by Gasteiger charge is 2.29. The van der Waals surface area contributed by atoms with Gasteiger partial charge in [-0.1, -0.05) is 31.2 Å². The minimum atomic E-state index is -0.552. The summed E-state index contributed by atoms with van der Waals surface area (Å²) in [4.78, 5) is 26.8. The number of H-pyrrole nitrogens is 1. The maximum atomic E-state index is 14.6. The normalized spacial score (nSPS) is 13.0. The third-order valence-electron chi connectivity index (χ3n) is 5.87. The van der Waals surface area contributed by atoms with Crippen LogP contribution in [0.1, 0.15) is 46.2 Å². The first-order valence-corrected chi connectivity index (χ1v) is 10.6. The lowest BCUT2D eigenvalue weighted by atomic mass is 10.0. The number of aromatic nitrogens is 4.